The zero-order chi connectivity index (χ0) is 28.2. The highest BCUT2D eigenvalue weighted by molar-refractivity contribution is 6.34. The van der Waals surface area contributed by atoms with Gasteiger partial charge in [-0.1, -0.05) is 23.7 Å². The summed E-state index contributed by atoms with van der Waals surface area (Å²) in [4.78, 5) is 14.1. The lowest BCUT2D eigenvalue weighted by atomic mass is 9.96. The van der Waals surface area contributed by atoms with Crippen molar-refractivity contribution in [2.24, 2.45) is 0 Å². The molecule has 2 aliphatic rings. The molecule has 3 N–H and O–H groups in total. The minimum absolute atomic E-state index is 0.409. The number of ether oxygens (including phenoxy) is 3. The summed E-state index contributed by atoms with van der Waals surface area (Å²) in [6.45, 7) is 12.1. The van der Waals surface area contributed by atoms with Crippen LogP contribution in [0.3, 0.4) is 0 Å². The number of halogens is 1. The predicted molar refractivity (Wildman–Crippen MR) is 163 cm³/mol. The number of aryl methyl sites for hydroxylation is 1. The molecule has 0 saturated carbocycles. The summed E-state index contributed by atoms with van der Waals surface area (Å²) in [5.74, 6) is 1.14. The Hall–Kier alpha value is -3.15. The van der Waals surface area contributed by atoms with Crippen LogP contribution in [0.25, 0.3) is 27.7 Å². The first kappa shape index (κ1) is 28.0. The topological polar surface area (TPSA) is 102 Å². The van der Waals surface area contributed by atoms with Crippen molar-refractivity contribution in [1.29, 1.82) is 0 Å². The zero-order valence-corrected chi connectivity index (χ0v) is 24.3. The summed E-state index contributed by atoms with van der Waals surface area (Å²) in [5.41, 5.74) is 12.5. The maximum absolute atomic E-state index is 6.90. The van der Waals surface area contributed by atoms with E-state index in [1.165, 1.54) is 0 Å². The van der Waals surface area contributed by atoms with Crippen molar-refractivity contribution in [3.8, 4) is 16.9 Å². The summed E-state index contributed by atoms with van der Waals surface area (Å²) in [6, 6.07) is 8.04. The minimum Gasteiger partial charge on any atom is -0.489 e. The molecule has 218 valence electrons. The quantitative estimate of drug-likeness (QED) is 0.270. The predicted octanol–water partition coefficient (Wildman–Crippen LogP) is 3.94. The van der Waals surface area contributed by atoms with Gasteiger partial charge in [-0.25, -0.2) is 9.97 Å². The number of nitrogens with zero attached hydrogens (tertiary/aromatic N) is 5. The molecule has 41 heavy (non-hydrogen) atoms. The fraction of sp³-hybridized carbons (Fsp3) is 0.467. The van der Waals surface area contributed by atoms with Crippen molar-refractivity contribution in [1.82, 2.24) is 24.2 Å². The molecule has 0 radical (unpaired) electrons. The molecule has 4 heterocycles. The Bertz CT molecular complexity index is 1480. The van der Waals surface area contributed by atoms with Crippen molar-refractivity contribution >= 4 is 39.7 Å². The largest absolute Gasteiger partial charge is 0.489 e. The normalized spacial score (nSPS) is 16.9. The van der Waals surface area contributed by atoms with Crippen LogP contribution in [0.4, 0.5) is 11.5 Å². The van der Waals surface area contributed by atoms with Gasteiger partial charge in [0.1, 0.15) is 23.5 Å². The van der Waals surface area contributed by atoms with Crippen LogP contribution < -0.4 is 15.8 Å². The molecule has 0 unspecified atom stereocenters. The molecule has 0 aliphatic carbocycles. The van der Waals surface area contributed by atoms with Gasteiger partial charge < -0.3 is 25.3 Å². The molecule has 11 heteroatoms. The van der Waals surface area contributed by atoms with Gasteiger partial charge in [0, 0.05) is 49.9 Å². The van der Waals surface area contributed by atoms with Crippen LogP contribution >= 0.6 is 11.6 Å². The van der Waals surface area contributed by atoms with E-state index in [2.05, 4.69) is 39.2 Å². The van der Waals surface area contributed by atoms with Gasteiger partial charge in [-0.05, 0) is 37.6 Å². The number of aromatic nitrogens is 3. The summed E-state index contributed by atoms with van der Waals surface area (Å²) in [6.07, 6.45) is 4.51. The molecular formula is C30H38ClN7O3. The van der Waals surface area contributed by atoms with Gasteiger partial charge in [0.05, 0.1) is 55.7 Å². The van der Waals surface area contributed by atoms with E-state index in [1.54, 1.807) is 12.5 Å². The van der Waals surface area contributed by atoms with Crippen LogP contribution in [-0.2, 0) is 9.47 Å². The number of nitrogens with one attached hydrogen (secondary N) is 1. The molecular weight excluding hydrogens is 542 g/mol. The number of benzene rings is 2. The number of imidazole rings is 1. The molecule has 0 spiro atoms. The van der Waals surface area contributed by atoms with Crippen LogP contribution in [0.2, 0.25) is 5.02 Å². The molecule has 0 bridgehead atoms. The van der Waals surface area contributed by atoms with Crippen LogP contribution in [-0.4, -0.2) is 103 Å². The van der Waals surface area contributed by atoms with Crippen molar-refractivity contribution in [3.63, 3.8) is 0 Å². The summed E-state index contributed by atoms with van der Waals surface area (Å²) >= 11 is 6.90. The SMILES string of the molecule is Cc1cccc(Cl)c1-c1c(OCCN2CCOCC2)c(NCCCN2CCOCC2)cc2c1nc(N)c1cncn12. The Morgan fingerprint density at radius 2 is 1.73 bits per heavy atom. The number of morpholine rings is 2. The second kappa shape index (κ2) is 12.8. The van der Waals surface area contributed by atoms with Gasteiger partial charge >= 0.3 is 0 Å². The third-order valence-corrected chi connectivity index (χ3v) is 8.24. The molecule has 6 rings (SSSR count). The Labute approximate surface area is 245 Å². The molecule has 10 nitrogen and oxygen atoms in total. The van der Waals surface area contributed by atoms with E-state index in [-0.39, 0.29) is 0 Å². The average Bonchev–Trinajstić information content (AvgIpc) is 3.49. The highest BCUT2D eigenvalue weighted by Gasteiger charge is 2.24. The van der Waals surface area contributed by atoms with Crippen LogP contribution in [0, 0.1) is 6.92 Å². The zero-order valence-electron chi connectivity index (χ0n) is 23.6. The fourth-order valence-corrected chi connectivity index (χ4v) is 6.02. The van der Waals surface area contributed by atoms with Crippen LogP contribution in [0.15, 0.2) is 36.8 Å². The van der Waals surface area contributed by atoms with E-state index in [0.29, 0.717) is 17.4 Å². The number of anilines is 2. The van der Waals surface area contributed by atoms with Crippen molar-refractivity contribution in [2.75, 3.05) is 89.9 Å². The number of nitrogens with two attached hydrogens (primary N) is 1. The van der Waals surface area contributed by atoms with E-state index >= 15 is 0 Å². The van der Waals surface area contributed by atoms with Gasteiger partial charge in [0.2, 0.25) is 0 Å². The number of nitrogen functional groups attached to an aromatic ring is 1. The van der Waals surface area contributed by atoms with Crippen molar-refractivity contribution in [2.45, 2.75) is 13.3 Å². The van der Waals surface area contributed by atoms with E-state index in [9.17, 15) is 0 Å². The molecule has 2 fully saturated rings. The van der Waals surface area contributed by atoms with Crippen LogP contribution in [0.5, 0.6) is 5.75 Å². The third kappa shape index (κ3) is 6.07. The van der Waals surface area contributed by atoms with E-state index in [1.807, 2.05) is 16.5 Å². The molecule has 2 saturated heterocycles. The molecule has 0 atom stereocenters. The molecule has 4 aromatic rings. The van der Waals surface area contributed by atoms with Gasteiger partial charge in [-0.15, -0.1) is 0 Å². The number of hydrogen-bond acceptors (Lipinski definition) is 9. The second-order valence-corrected chi connectivity index (χ2v) is 11.0. The molecule has 0 amide bonds. The first-order valence-corrected chi connectivity index (χ1v) is 14.8. The van der Waals surface area contributed by atoms with Gasteiger partial charge in [-0.3, -0.25) is 14.2 Å². The van der Waals surface area contributed by atoms with E-state index < -0.39 is 0 Å². The highest BCUT2D eigenvalue weighted by Crippen LogP contribution is 2.46. The lowest BCUT2D eigenvalue weighted by molar-refractivity contribution is 0.0323. The molecule has 2 aliphatic heterocycles. The maximum Gasteiger partial charge on any atom is 0.152 e. The monoisotopic (exact) mass is 579 g/mol. The maximum atomic E-state index is 6.90. The second-order valence-electron chi connectivity index (χ2n) is 10.6. The first-order valence-electron chi connectivity index (χ1n) is 14.4. The summed E-state index contributed by atoms with van der Waals surface area (Å²) in [7, 11) is 0. The van der Waals surface area contributed by atoms with Crippen molar-refractivity contribution in [3.05, 3.63) is 47.4 Å². The minimum atomic E-state index is 0.409. The van der Waals surface area contributed by atoms with Crippen molar-refractivity contribution < 1.29 is 14.2 Å². The number of rotatable bonds is 10. The van der Waals surface area contributed by atoms with Crippen LogP contribution in [0.1, 0.15) is 12.0 Å². The Morgan fingerprint density at radius 3 is 2.46 bits per heavy atom. The highest BCUT2D eigenvalue weighted by atomic mass is 35.5. The number of hydrogen-bond donors (Lipinski definition) is 2. The standard InChI is InChI=1S/C30H38ClN7O3/c1-21-4-2-5-22(31)26(21)27-28-24(38-20-33-19-25(38)30(32)35-28)18-23(34-6-3-7-36-8-13-39-14-9-36)29(27)41-17-12-37-10-15-40-16-11-37/h2,4-5,18-20,34H,3,6-17H2,1H3,(H2,32,35). The molecule has 2 aromatic carbocycles. The third-order valence-electron chi connectivity index (χ3n) is 7.92. The smallest absolute Gasteiger partial charge is 0.152 e. The molecule has 2 aromatic heterocycles. The van der Waals surface area contributed by atoms with Gasteiger partial charge in [-0.2, -0.15) is 0 Å². The number of fused-ring (bicyclic) bond motifs is 3. The fourth-order valence-electron chi connectivity index (χ4n) is 5.71. The average molecular weight is 580 g/mol. The lowest BCUT2D eigenvalue weighted by Crippen LogP contribution is -2.38. The van der Waals surface area contributed by atoms with Gasteiger partial charge in [0.15, 0.2) is 5.75 Å². The van der Waals surface area contributed by atoms with E-state index in [4.69, 9.17) is 36.5 Å². The van der Waals surface area contributed by atoms with E-state index in [0.717, 1.165) is 123 Å². The Morgan fingerprint density at radius 1 is 1.00 bits per heavy atom. The Balaban J connectivity index is 1.42. The lowest BCUT2D eigenvalue weighted by Gasteiger charge is -2.28. The first-order chi connectivity index (χ1) is 20.1. The van der Waals surface area contributed by atoms with Gasteiger partial charge in [0.25, 0.3) is 0 Å². The summed E-state index contributed by atoms with van der Waals surface area (Å²) in [5, 5.41) is 4.34. The summed E-state index contributed by atoms with van der Waals surface area (Å²) < 4.78 is 19.7. The Kier molecular flexibility index (Phi) is 8.73.